The molecular formula is C10H13ClF3N3O. The summed E-state index contributed by atoms with van der Waals surface area (Å²) >= 11 is 5.44. The summed E-state index contributed by atoms with van der Waals surface area (Å²) in [6.07, 6.45) is -2.95. The van der Waals surface area contributed by atoms with Crippen LogP contribution in [0.3, 0.4) is 0 Å². The molecule has 1 aromatic rings. The van der Waals surface area contributed by atoms with Crippen LogP contribution in [0, 0.1) is 0 Å². The van der Waals surface area contributed by atoms with Crippen LogP contribution in [0.4, 0.5) is 19.0 Å². The van der Waals surface area contributed by atoms with Crippen LogP contribution in [0.15, 0.2) is 6.07 Å². The van der Waals surface area contributed by atoms with Crippen LogP contribution in [-0.2, 0) is 10.9 Å². The van der Waals surface area contributed by atoms with E-state index in [1.54, 1.807) is 7.11 Å². The lowest BCUT2D eigenvalue weighted by Crippen LogP contribution is -2.11. The van der Waals surface area contributed by atoms with Gasteiger partial charge in [-0.2, -0.15) is 13.2 Å². The van der Waals surface area contributed by atoms with E-state index in [4.69, 9.17) is 16.3 Å². The molecule has 0 saturated carbocycles. The lowest BCUT2D eigenvalue weighted by atomic mass is 10.3. The third-order valence-electron chi connectivity index (χ3n) is 2.07. The van der Waals surface area contributed by atoms with Crippen molar-refractivity contribution in [1.82, 2.24) is 9.97 Å². The van der Waals surface area contributed by atoms with Crippen molar-refractivity contribution in [2.75, 3.05) is 25.6 Å². The van der Waals surface area contributed by atoms with Gasteiger partial charge in [-0.05, 0) is 24.4 Å². The zero-order valence-corrected chi connectivity index (χ0v) is 10.5. The Hall–Kier alpha value is -1.08. The Balaban J connectivity index is 2.58. The minimum absolute atomic E-state index is 0.0692. The van der Waals surface area contributed by atoms with Gasteiger partial charge in [0, 0.05) is 26.3 Å². The minimum atomic E-state index is -4.53. The number of rotatable bonds is 6. The van der Waals surface area contributed by atoms with Crippen LogP contribution >= 0.6 is 11.6 Å². The summed E-state index contributed by atoms with van der Waals surface area (Å²) in [6.45, 7) is 1.11. The topological polar surface area (TPSA) is 47.0 Å². The SMILES string of the molecule is COCCCCNc1cc(C(F)(F)F)nc(Cl)n1. The van der Waals surface area contributed by atoms with Crippen LogP contribution in [0.2, 0.25) is 5.28 Å². The van der Waals surface area contributed by atoms with E-state index >= 15 is 0 Å². The highest BCUT2D eigenvalue weighted by Gasteiger charge is 2.33. The molecule has 0 unspecified atom stereocenters. The first-order valence-electron chi connectivity index (χ1n) is 5.28. The average Bonchev–Trinajstić information content (AvgIpc) is 2.27. The van der Waals surface area contributed by atoms with Gasteiger partial charge in [-0.3, -0.25) is 0 Å². The number of nitrogens with one attached hydrogen (secondary N) is 1. The molecular weight excluding hydrogens is 271 g/mol. The zero-order valence-electron chi connectivity index (χ0n) is 9.72. The number of ether oxygens (including phenoxy) is 1. The molecule has 4 nitrogen and oxygen atoms in total. The van der Waals surface area contributed by atoms with Gasteiger partial charge < -0.3 is 10.1 Å². The third-order valence-corrected chi connectivity index (χ3v) is 2.24. The lowest BCUT2D eigenvalue weighted by Gasteiger charge is -2.09. The standard InChI is InChI=1S/C10H13ClF3N3O/c1-18-5-3-2-4-15-8-6-7(10(12,13)14)16-9(11)17-8/h6H,2-5H2,1H3,(H,15,16,17). The number of hydrogen-bond acceptors (Lipinski definition) is 4. The molecule has 1 N–H and O–H groups in total. The van der Waals surface area contributed by atoms with Gasteiger partial charge in [0.05, 0.1) is 0 Å². The molecule has 0 aliphatic rings. The van der Waals surface area contributed by atoms with E-state index < -0.39 is 17.2 Å². The van der Waals surface area contributed by atoms with Gasteiger partial charge in [-0.1, -0.05) is 0 Å². The molecule has 8 heteroatoms. The van der Waals surface area contributed by atoms with E-state index in [0.717, 1.165) is 18.9 Å². The van der Waals surface area contributed by atoms with Crippen molar-refractivity contribution in [1.29, 1.82) is 0 Å². The maximum atomic E-state index is 12.4. The maximum absolute atomic E-state index is 12.4. The summed E-state index contributed by atoms with van der Waals surface area (Å²) < 4.78 is 42.2. The van der Waals surface area contributed by atoms with Crippen LogP contribution in [0.25, 0.3) is 0 Å². The number of nitrogens with zero attached hydrogens (tertiary/aromatic N) is 2. The zero-order chi connectivity index (χ0) is 13.6. The molecule has 102 valence electrons. The normalized spacial score (nSPS) is 11.6. The van der Waals surface area contributed by atoms with Crippen LogP contribution in [0.5, 0.6) is 0 Å². The molecule has 0 aliphatic heterocycles. The molecule has 0 amide bonds. The number of alkyl halides is 3. The van der Waals surface area contributed by atoms with Crippen molar-refractivity contribution in [3.05, 3.63) is 17.0 Å². The number of hydrogen-bond donors (Lipinski definition) is 1. The predicted molar refractivity (Wildman–Crippen MR) is 61.6 cm³/mol. The van der Waals surface area contributed by atoms with Crippen molar-refractivity contribution in [2.24, 2.45) is 0 Å². The highest BCUT2D eigenvalue weighted by atomic mass is 35.5. The number of methoxy groups -OCH3 is 1. The number of halogens is 4. The van der Waals surface area contributed by atoms with Gasteiger partial charge in [0.1, 0.15) is 5.82 Å². The van der Waals surface area contributed by atoms with Crippen molar-refractivity contribution >= 4 is 17.4 Å². The van der Waals surface area contributed by atoms with Gasteiger partial charge in [0.25, 0.3) is 0 Å². The lowest BCUT2D eigenvalue weighted by molar-refractivity contribution is -0.141. The Labute approximate surface area is 108 Å². The van der Waals surface area contributed by atoms with Crippen molar-refractivity contribution in [2.45, 2.75) is 19.0 Å². The molecule has 18 heavy (non-hydrogen) atoms. The monoisotopic (exact) mass is 283 g/mol. The summed E-state index contributed by atoms with van der Waals surface area (Å²) in [5.74, 6) is 0.0692. The van der Waals surface area contributed by atoms with Crippen LogP contribution < -0.4 is 5.32 Å². The predicted octanol–water partition coefficient (Wildman–Crippen LogP) is 2.99. The highest BCUT2D eigenvalue weighted by Crippen LogP contribution is 2.29. The second-order valence-electron chi connectivity index (χ2n) is 3.53. The molecule has 1 aromatic heterocycles. The first-order chi connectivity index (χ1) is 8.43. The second kappa shape index (κ2) is 6.75. The molecule has 0 bridgehead atoms. The second-order valence-corrected chi connectivity index (χ2v) is 3.87. The summed E-state index contributed by atoms with van der Waals surface area (Å²) in [4.78, 5) is 6.81. The Morgan fingerprint density at radius 3 is 2.67 bits per heavy atom. The van der Waals surface area contributed by atoms with E-state index in [1.807, 2.05) is 0 Å². The Bertz CT molecular complexity index is 387. The van der Waals surface area contributed by atoms with Crippen LogP contribution in [0.1, 0.15) is 18.5 Å². The van der Waals surface area contributed by atoms with E-state index in [-0.39, 0.29) is 5.82 Å². The fraction of sp³-hybridized carbons (Fsp3) is 0.600. The van der Waals surface area contributed by atoms with Gasteiger partial charge >= 0.3 is 6.18 Å². The molecule has 0 aliphatic carbocycles. The van der Waals surface area contributed by atoms with E-state index in [2.05, 4.69) is 15.3 Å². The largest absolute Gasteiger partial charge is 0.433 e. The molecule has 0 radical (unpaired) electrons. The Morgan fingerprint density at radius 1 is 1.33 bits per heavy atom. The Kier molecular flexibility index (Phi) is 5.61. The number of anilines is 1. The minimum Gasteiger partial charge on any atom is -0.385 e. The molecule has 0 spiro atoms. The van der Waals surface area contributed by atoms with Gasteiger partial charge in [-0.25, -0.2) is 9.97 Å². The highest BCUT2D eigenvalue weighted by molar-refractivity contribution is 6.28. The van der Waals surface area contributed by atoms with E-state index in [1.165, 1.54) is 0 Å². The molecule has 1 rings (SSSR count). The first-order valence-corrected chi connectivity index (χ1v) is 5.66. The molecule has 0 saturated heterocycles. The van der Waals surface area contributed by atoms with Gasteiger partial charge in [-0.15, -0.1) is 0 Å². The smallest absolute Gasteiger partial charge is 0.385 e. The maximum Gasteiger partial charge on any atom is 0.433 e. The summed E-state index contributed by atoms with van der Waals surface area (Å²) in [5, 5.41) is 2.34. The van der Waals surface area contributed by atoms with Crippen molar-refractivity contribution in [3.63, 3.8) is 0 Å². The van der Waals surface area contributed by atoms with Crippen molar-refractivity contribution < 1.29 is 17.9 Å². The van der Waals surface area contributed by atoms with Crippen LogP contribution in [-0.4, -0.2) is 30.2 Å². The number of aromatic nitrogens is 2. The number of unbranched alkanes of at least 4 members (excludes halogenated alkanes) is 1. The fourth-order valence-electron chi connectivity index (χ4n) is 1.24. The van der Waals surface area contributed by atoms with Gasteiger partial charge in [0.15, 0.2) is 5.69 Å². The molecule has 0 atom stereocenters. The van der Waals surface area contributed by atoms with E-state index in [0.29, 0.717) is 13.2 Å². The average molecular weight is 284 g/mol. The third kappa shape index (κ3) is 5.05. The van der Waals surface area contributed by atoms with E-state index in [9.17, 15) is 13.2 Å². The quantitative estimate of drug-likeness (QED) is 0.644. The first kappa shape index (κ1) is 15.0. The summed E-state index contributed by atoms with van der Waals surface area (Å²) in [5.41, 5.74) is -1.05. The molecule has 0 aromatic carbocycles. The Morgan fingerprint density at radius 2 is 2.06 bits per heavy atom. The molecule has 0 fully saturated rings. The summed E-state index contributed by atoms with van der Waals surface area (Å²) in [7, 11) is 1.59. The van der Waals surface area contributed by atoms with Crippen molar-refractivity contribution in [3.8, 4) is 0 Å². The van der Waals surface area contributed by atoms with Gasteiger partial charge in [0.2, 0.25) is 5.28 Å². The summed E-state index contributed by atoms with van der Waals surface area (Å²) in [6, 6.07) is 0.836. The fourth-order valence-corrected chi connectivity index (χ4v) is 1.42. The molecule has 1 heterocycles.